The van der Waals surface area contributed by atoms with E-state index in [1.165, 1.54) is 25.7 Å². The zero-order valence-corrected chi connectivity index (χ0v) is 8.87. The Balaban J connectivity index is 1.97. The molecule has 66 valence electrons. The number of allylic oxidation sites excluding steroid dienone is 4. The van der Waals surface area contributed by atoms with Gasteiger partial charge in [0.05, 0.1) is 0 Å². The first kappa shape index (κ1) is 8.26. The van der Waals surface area contributed by atoms with E-state index in [1.807, 2.05) is 0 Å². The molecular formula is C10H16OSi. The van der Waals surface area contributed by atoms with E-state index in [0.29, 0.717) is 0 Å². The summed E-state index contributed by atoms with van der Waals surface area (Å²) in [5.41, 5.74) is 0. The molecule has 0 amide bonds. The van der Waals surface area contributed by atoms with Crippen molar-refractivity contribution in [2.24, 2.45) is 5.92 Å². The lowest BCUT2D eigenvalue weighted by Gasteiger charge is -2.10. The minimum absolute atomic E-state index is 0.343. The van der Waals surface area contributed by atoms with Gasteiger partial charge in [-0.25, -0.2) is 0 Å². The van der Waals surface area contributed by atoms with Crippen molar-refractivity contribution in [2.75, 3.05) is 6.61 Å². The highest BCUT2D eigenvalue weighted by Gasteiger charge is 2.15. The number of rotatable bonds is 0. The van der Waals surface area contributed by atoms with Crippen LogP contribution in [-0.2, 0) is 4.43 Å². The van der Waals surface area contributed by atoms with Gasteiger partial charge in [-0.05, 0) is 18.8 Å². The van der Waals surface area contributed by atoms with E-state index in [4.69, 9.17) is 4.43 Å². The molecule has 2 aliphatic rings. The number of fused-ring (bicyclic) bond motifs is 1. The second-order valence-electron chi connectivity index (χ2n) is 3.63. The molecular weight excluding hydrogens is 164 g/mol. The quantitative estimate of drug-likeness (QED) is 0.516. The summed E-state index contributed by atoms with van der Waals surface area (Å²) in [6.45, 7) is 1.01. The lowest BCUT2D eigenvalue weighted by molar-refractivity contribution is 0.328. The normalized spacial score (nSPS) is 32.0. The van der Waals surface area contributed by atoms with E-state index >= 15 is 0 Å². The molecule has 1 aliphatic heterocycles. The highest BCUT2D eigenvalue weighted by Crippen LogP contribution is 2.25. The molecule has 2 rings (SSSR count). The van der Waals surface area contributed by atoms with Crippen LogP contribution >= 0.6 is 0 Å². The Morgan fingerprint density at radius 2 is 2.33 bits per heavy atom. The zero-order valence-electron chi connectivity index (χ0n) is 7.46. The lowest BCUT2D eigenvalue weighted by atomic mass is 10.0. The van der Waals surface area contributed by atoms with E-state index in [1.54, 1.807) is 5.20 Å². The second-order valence-corrected chi connectivity index (χ2v) is 5.15. The van der Waals surface area contributed by atoms with Crippen LogP contribution < -0.4 is 0 Å². The highest BCUT2D eigenvalue weighted by molar-refractivity contribution is 6.38. The fourth-order valence-electron chi connectivity index (χ4n) is 1.93. The van der Waals surface area contributed by atoms with E-state index in [0.717, 1.165) is 12.5 Å². The Labute approximate surface area is 76.4 Å². The van der Waals surface area contributed by atoms with Gasteiger partial charge in [-0.1, -0.05) is 36.3 Å². The summed E-state index contributed by atoms with van der Waals surface area (Å²) >= 11 is 0. The molecule has 12 heavy (non-hydrogen) atoms. The monoisotopic (exact) mass is 180 g/mol. The molecule has 1 fully saturated rings. The highest BCUT2D eigenvalue weighted by atomic mass is 28.2. The van der Waals surface area contributed by atoms with Crippen LogP contribution in [0.1, 0.15) is 25.7 Å². The number of hydrogen-bond acceptors (Lipinski definition) is 1. The fourth-order valence-corrected chi connectivity index (χ4v) is 3.30. The van der Waals surface area contributed by atoms with Crippen LogP contribution in [0.25, 0.3) is 0 Å². The molecule has 1 atom stereocenters. The van der Waals surface area contributed by atoms with Gasteiger partial charge in [0.2, 0.25) is 0 Å². The molecule has 0 saturated carbocycles. The van der Waals surface area contributed by atoms with Gasteiger partial charge in [-0.3, -0.25) is 0 Å². The van der Waals surface area contributed by atoms with Crippen LogP contribution in [0.5, 0.6) is 0 Å². The molecule has 1 heterocycles. The van der Waals surface area contributed by atoms with E-state index in [-0.39, 0.29) is 9.76 Å². The van der Waals surface area contributed by atoms with Gasteiger partial charge in [-0.2, -0.15) is 0 Å². The summed E-state index contributed by atoms with van der Waals surface area (Å²) in [6.07, 6.45) is 12.2. The average Bonchev–Trinajstić information content (AvgIpc) is 2.50. The van der Waals surface area contributed by atoms with Crippen molar-refractivity contribution in [3.05, 3.63) is 23.4 Å². The standard InChI is InChI=1S/C10H16OSi/c1-2-5-9-6-4-7-10(9)12-11-8-3-1/h4,6-7,9H,1-3,5,8,12H2. The van der Waals surface area contributed by atoms with Crippen molar-refractivity contribution in [3.8, 4) is 0 Å². The van der Waals surface area contributed by atoms with E-state index < -0.39 is 0 Å². The van der Waals surface area contributed by atoms with Gasteiger partial charge in [0.25, 0.3) is 0 Å². The van der Waals surface area contributed by atoms with Crippen molar-refractivity contribution in [3.63, 3.8) is 0 Å². The fraction of sp³-hybridized carbons (Fsp3) is 0.600. The van der Waals surface area contributed by atoms with Crippen molar-refractivity contribution in [1.82, 2.24) is 0 Å². The molecule has 1 unspecified atom stereocenters. The summed E-state index contributed by atoms with van der Waals surface area (Å²) in [7, 11) is -0.343. The summed E-state index contributed by atoms with van der Waals surface area (Å²) in [6, 6.07) is 0. The van der Waals surface area contributed by atoms with Crippen molar-refractivity contribution < 1.29 is 4.43 Å². The van der Waals surface area contributed by atoms with Gasteiger partial charge in [0, 0.05) is 6.61 Å². The maximum atomic E-state index is 5.70. The Morgan fingerprint density at radius 3 is 3.33 bits per heavy atom. The average molecular weight is 180 g/mol. The van der Waals surface area contributed by atoms with Gasteiger partial charge in [0.15, 0.2) is 9.76 Å². The molecule has 1 saturated heterocycles. The molecule has 0 aromatic heterocycles. The SMILES string of the molecule is C1=CC2CCCCCO[SiH2]C2=C1. The topological polar surface area (TPSA) is 9.23 Å². The van der Waals surface area contributed by atoms with Crippen LogP contribution in [0.4, 0.5) is 0 Å². The van der Waals surface area contributed by atoms with Crippen LogP contribution in [-0.4, -0.2) is 16.4 Å². The first-order chi connectivity index (χ1) is 5.97. The molecule has 0 aromatic rings. The minimum Gasteiger partial charge on any atom is -0.419 e. The van der Waals surface area contributed by atoms with Crippen molar-refractivity contribution in [2.45, 2.75) is 25.7 Å². The molecule has 2 heteroatoms. The van der Waals surface area contributed by atoms with Crippen LogP contribution in [0, 0.1) is 5.92 Å². The van der Waals surface area contributed by atoms with Gasteiger partial charge in [0.1, 0.15) is 0 Å². The van der Waals surface area contributed by atoms with Crippen LogP contribution in [0.2, 0.25) is 0 Å². The molecule has 0 aromatic carbocycles. The third-order valence-corrected chi connectivity index (χ3v) is 4.29. The molecule has 1 nitrogen and oxygen atoms in total. The molecule has 0 spiro atoms. The third-order valence-electron chi connectivity index (χ3n) is 2.70. The minimum atomic E-state index is -0.343. The Kier molecular flexibility index (Phi) is 2.79. The predicted octanol–water partition coefficient (Wildman–Crippen LogP) is 1.73. The summed E-state index contributed by atoms with van der Waals surface area (Å²) in [4.78, 5) is 0. The van der Waals surface area contributed by atoms with Crippen LogP contribution in [0.3, 0.4) is 0 Å². The molecule has 0 N–H and O–H groups in total. The number of hydrogen-bond donors (Lipinski definition) is 0. The Bertz CT molecular complexity index is 208. The van der Waals surface area contributed by atoms with Crippen molar-refractivity contribution in [1.29, 1.82) is 0 Å². The molecule has 1 aliphatic carbocycles. The summed E-state index contributed by atoms with van der Waals surface area (Å²) < 4.78 is 5.70. The third kappa shape index (κ3) is 1.87. The smallest absolute Gasteiger partial charge is 0.188 e. The van der Waals surface area contributed by atoms with E-state index in [9.17, 15) is 0 Å². The predicted molar refractivity (Wildman–Crippen MR) is 53.7 cm³/mol. The van der Waals surface area contributed by atoms with Gasteiger partial charge < -0.3 is 4.43 Å². The van der Waals surface area contributed by atoms with Crippen LogP contribution in [0.15, 0.2) is 23.4 Å². The molecule has 0 bridgehead atoms. The lowest BCUT2D eigenvalue weighted by Crippen LogP contribution is -2.08. The summed E-state index contributed by atoms with van der Waals surface area (Å²) in [5.74, 6) is 0.759. The largest absolute Gasteiger partial charge is 0.419 e. The maximum Gasteiger partial charge on any atom is 0.188 e. The first-order valence-electron chi connectivity index (χ1n) is 4.92. The maximum absolute atomic E-state index is 5.70. The Hall–Kier alpha value is -0.343. The Morgan fingerprint density at radius 1 is 1.33 bits per heavy atom. The van der Waals surface area contributed by atoms with Gasteiger partial charge in [-0.15, -0.1) is 0 Å². The summed E-state index contributed by atoms with van der Waals surface area (Å²) in [5, 5.41) is 1.62. The molecule has 0 radical (unpaired) electrons. The second kappa shape index (κ2) is 4.05. The first-order valence-corrected chi connectivity index (χ1v) is 6.20. The van der Waals surface area contributed by atoms with E-state index in [2.05, 4.69) is 18.2 Å². The van der Waals surface area contributed by atoms with Crippen molar-refractivity contribution >= 4 is 9.76 Å². The zero-order chi connectivity index (χ0) is 8.23. The van der Waals surface area contributed by atoms with Gasteiger partial charge >= 0.3 is 0 Å².